The molecule has 0 radical (unpaired) electrons. The average Bonchev–Trinajstić information content (AvgIpc) is 3.30. The first-order valence-electron chi connectivity index (χ1n) is 7.15. The molecule has 0 heterocycles. The highest BCUT2D eigenvalue weighted by molar-refractivity contribution is 9.10. The molecule has 0 N–H and O–H groups in total. The zero-order valence-electron chi connectivity index (χ0n) is 12.1. The molecule has 0 amide bonds. The van der Waals surface area contributed by atoms with E-state index in [9.17, 15) is 0 Å². The zero-order chi connectivity index (χ0) is 15.0. The van der Waals surface area contributed by atoms with E-state index >= 15 is 0 Å². The van der Waals surface area contributed by atoms with Gasteiger partial charge in [-0.2, -0.15) is 0 Å². The van der Waals surface area contributed by atoms with Crippen molar-refractivity contribution in [1.82, 2.24) is 0 Å². The smallest absolute Gasteiger partial charge is 0.123 e. The van der Waals surface area contributed by atoms with Crippen molar-refractivity contribution in [3.8, 4) is 5.75 Å². The van der Waals surface area contributed by atoms with Crippen LogP contribution in [0.15, 0.2) is 46.9 Å². The molecule has 0 bridgehead atoms. The average molecular weight is 366 g/mol. The molecule has 110 valence electrons. The lowest BCUT2D eigenvalue weighted by atomic mass is 10.0. The van der Waals surface area contributed by atoms with Gasteiger partial charge in [-0.15, -0.1) is 11.6 Å². The number of hydrogen-bond acceptors (Lipinski definition) is 1. The molecule has 0 aromatic heterocycles. The normalized spacial score (nSPS) is 21.9. The van der Waals surface area contributed by atoms with E-state index in [1.807, 2.05) is 0 Å². The Morgan fingerprint density at radius 2 is 1.95 bits per heavy atom. The van der Waals surface area contributed by atoms with Crippen LogP contribution in [0.3, 0.4) is 0 Å². The van der Waals surface area contributed by atoms with Crippen LogP contribution >= 0.6 is 27.5 Å². The lowest BCUT2D eigenvalue weighted by Crippen LogP contribution is -2.00. The van der Waals surface area contributed by atoms with Crippen LogP contribution in [0.4, 0.5) is 0 Å². The number of methoxy groups -OCH3 is 1. The Kier molecular flexibility index (Phi) is 4.28. The summed E-state index contributed by atoms with van der Waals surface area (Å²) >= 11 is 10.3. The molecule has 0 spiro atoms. The molecule has 2 aromatic carbocycles. The van der Waals surface area contributed by atoms with E-state index in [0.29, 0.717) is 11.8 Å². The predicted molar refractivity (Wildman–Crippen MR) is 91.3 cm³/mol. The number of alkyl halides is 1. The second kappa shape index (κ2) is 6.02. The number of aryl methyl sites for hydroxylation is 1. The van der Waals surface area contributed by atoms with Crippen molar-refractivity contribution in [3.05, 3.63) is 63.6 Å². The summed E-state index contributed by atoms with van der Waals surface area (Å²) in [7, 11) is 1.71. The van der Waals surface area contributed by atoms with Crippen molar-refractivity contribution in [2.24, 2.45) is 5.92 Å². The van der Waals surface area contributed by atoms with Crippen LogP contribution in [0.1, 0.15) is 34.4 Å². The fourth-order valence-corrected chi connectivity index (χ4v) is 3.73. The highest BCUT2D eigenvalue weighted by Crippen LogP contribution is 2.57. The summed E-state index contributed by atoms with van der Waals surface area (Å²) in [5.74, 6) is 1.94. The van der Waals surface area contributed by atoms with Crippen molar-refractivity contribution in [1.29, 1.82) is 0 Å². The second-order valence-electron chi connectivity index (χ2n) is 5.66. The zero-order valence-corrected chi connectivity index (χ0v) is 14.5. The fraction of sp³-hybridized carbons (Fsp3) is 0.333. The molecule has 3 rings (SSSR count). The molecule has 3 unspecified atom stereocenters. The molecular formula is C18H18BrClO. The summed E-state index contributed by atoms with van der Waals surface area (Å²) in [6.45, 7) is 2.06. The number of rotatable bonds is 4. The molecule has 1 aliphatic rings. The van der Waals surface area contributed by atoms with E-state index in [4.69, 9.17) is 16.3 Å². The van der Waals surface area contributed by atoms with Gasteiger partial charge >= 0.3 is 0 Å². The second-order valence-corrected chi connectivity index (χ2v) is 6.99. The Hall–Kier alpha value is -0.990. The fourth-order valence-electron chi connectivity index (χ4n) is 2.91. The van der Waals surface area contributed by atoms with Gasteiger partial charge in [-0.25, -0.2) is 0 Å². The quantitative estimate of drug-likeness (QED) is 0.618. The van der Waals surface area contributed by atoms with E-state index in [2.05, 4.69) is 65.3 Å². The van der Waals surface area contributed by atoms with Gasteiger partial charge in [-0.1, -0.05) is 46.3 Å². The van der Waals surface area contributed by atoms with Gasteiger partial charge in [0.2, 0.25) is 0 Å². The third-order valence-corrected chi connectivity index (χ3v) is 5.66. The number of halogens is 2. The van der Waals surface area contributed by atoms with Gasteiger partial charge in [0.25, 0.3) is 0 Å². The summed E-state index contributed by atoms with van der Waals surface area (Å²) in [6, 6.07) is 14.8. The number of hydrogen-bond donors (Lipinski definition) is 0. The van der Waals surface area contributed by atoms with Crippen LogP contribution in [0.2, 0.25) is 0 Å². The standard InChI is InChI=1S/C18H18BrClO/c1-11-8-17(21-2)15(10-16(11)19)18(20)14-9-13(14)12-6-4-3-5-7-12/h3-8,10,13-14,18H,9H2,1-2H3. The first kappa shape index (κ1) is 14.9. The minimum atomic E-state index is -0.0120. The van der Waals surface area contributed by atoms with Crippen LogP contribution in [0, 0.1) is 12.8 Å². The van der Waals surface area contributed by atoms with Crippen molar-refractivity contribution < 1.29 is 4.74 Å². The van der Waals surface area contributed by atoms with Crippen LogP contribution in [-0.2, 0) is 0 Å². The van der Waals surface area contributed by atoms with E-state index in [1.165, 1.54) is 5.56 Å². The molecule has 2 aromatic rings. The summed E-state index contributed by atoms with van der Waals surface area (Å²) in [6.07, 6.45) is 1.15. The van der Waals surface area contributed by atoms with E-state index in [-0.39, 0.29) is 5.38 Å². The highest BCUT2D eigenvalue weighted by atomic mass is 79.9. The summed E-state index contributed by atoms with van der Waals surface area (Å²) < 4.78 is 6.60. The Morgan fingerprint density at radius 3 is 2.62 bits per heavy atom. The summed E-state index contributed by atoms with van der Waals surface area (Å²) in [5, 5.41) is -0.0120. The Balaban J connectivity index is 1.84. The van der Waals surface area contributed by atoms with Gasteiger partial charge < -0.3 is 4.74 Å². The Bertz CT molecular complexity index is 641. The Morgan fingerprint density at radius 1 is 1.24 bits per heavy atom. The summed E-state index contributed by atoms with van der Waals surface area (Å²) in [5.41, 5.74) is 3.63. The molecule has 1 fully saturated rings. The third-order valence-electron chi connectivity index (χ3n) is 4.25. The van der Waals surface area contributed by atoms with Gasteiger partial charge in [0.05, 0.1) is 12.5 Å². The predicted octanol–water partition coefficient (Wildman–Crippen LogP) is 5.85. The third kappa shape index (κ3) is 2.97. The van der Waals surface area contributed by atoms with Crippen molar-refractivity contribution in [3.63, 3.8) is 0 Å². The van der Waals surface area contributed by atoms with Gasteiger partial charge in [0.15, 0.2) is 0 Å². The molecule has 1 saturated carbocycles. The first-order chi connectivity index (χ1) is 10.1. The van der Waals surface area contributed by atoms with E-state index in [0.717, 1.165) is 27.8 Å². The van der Waals surface area contributed by atoms with Crippen molar-refractivity contribution in [2.45, 2.75) is 24.6 Å². The molecule has 21 heavy (non-hydrogen) atoms. The van der Waals surface area contributed by atoms with Gasteiger partial charge in [0, 0.05) is 10.0 Å². The van der Waals surface area contributed by atoms with Crippen LogP contribution in [-0.4, -0.2) is 7.11 Å². The van der Waals surface area contributed by atoms with E-state index < -0.39 is 0 Å². The maximum Gasteiger partial charge on any atom is 0.123 e. The molecule has 0 aliphatic heterocycles. The lowest BCUT2D eigenvalue weighted by Gasteiger charge is -2.16. The van der Waals surface area contributed by atoms with Crippen LogP contribution in [0.25, 0.3) is 0 Å². The lowest BCUT2D eigenvalue weighted by molar-refractivity contribution is 0.407. The minimum absolute atomic E-state index is 0.0120. The van der Waals surface area contributed by atoms with Crippen LogP contribution < -0.4 is 4.74 Å². The molecule has 1 aliphatic carbocycles. The summed E-state index contributed by atoms with van der Waals surface area (Å²) in [4.78, 5) is 0. The highest BCUT2D eigenvalue weighted by Gasteiger charge is 2.44. The number of benzene rings is 2. The monoisotopic (exact) mass is 364 g/mol. The molecule has 3 heteroatoms. The molecule has 0 saturated heterocycles. The van der Waals surface area contributed by atoms with Gasteiger partial charge in [-0.3, -0.25) is 0 Å². The van der Waals surface area contributed by atoms with Gasteiger partial charge in [0.1, 0.15) is 5.75 Å². The van der Waals surface area contributed by atoms with Crippen molar-refractivity contribution in [2.75, 3.05) is 7.11 Å². The topological polar surface area (TPSA) is 9.23 Å². The maximum atomic E-state index is 6.76. The molecule has 3 atom stereocenters. The van der Waals surface area contributed by atoms with E-state index in [1.54, 1.807) is 7.11 Å². The first-order valence-corrected chi connectivity index (χ1v) is 8.37. The largest absolute Gasteiger partial charge is 0.496 e. The Labute approximate surface area is 139 Å². The molecular weight excluding hydrogens is 348 g/mol. The maximum absolute atomic E-state index is 6.76. The SMILES string of the molecule is COc1cc(C)c(Br)cc1C(Cl)C1CC1c1ccccc1. The van der Waals surface area contributed by atoms with Crippen LogP contribution in [0.5, 0.6) is 5.75 Å². The van der Waals surface area contributed by atoms with Gasteiger partial charge in [-0.05, 0) is 48.4 Å². The molecule has 1 nitrogen and oxygen atoms in total. The van der Waals surface area contributed by atoms with Crippen molar-refractivity contribution >= 4 is 27.5 Å². The minimum Gasteiger partial charge on any atom is -0.496 e. The number of ether oxygens (including phenoxy) is 1.